The van der Waals surface area contributed by atoms with Crippen molar-refractivity contribution in [1.29, 1.82) is 0 Å². The third-order valence-corrected chi connectivity index (χ3v) is 5.90. The van der Waals surface area contributed by atoms with E-state index in [1.54, 1.807) is 20.3 Å². The van der Waals surface area contributed by atoms with Crippen LogP contribution in [-0.4, -0.2) is 19.1 Å². The third kappa shape index (κ3) is 2.86. The molecule has 0 radical (unpaired) electrons. The fourth-order valence-electron chi connectivity index (χ4n) is 4.25. The maximum Gasteiger partial charge on any atom is 0.275 e. The largest absolute Gasteiger partial charge is 0.496 e. The number of allylic oxidation sites excluding steroid dienone is 2. The van der Waals surface area contributed by atoms with Gasteiger partial charge in [-0.25, -0.2) is 0 Å². The summed E-state index contributed by atoms with van der Waals surface area (Å²) in [6.07, 6.45) is 5.02. The molecule has 2 aromatic carbocycles. The Morgan fingerprint density at radius 2 is 1.93 bits per heavy atom. The predicted octanol–water partition coefficient (Wildman–Crippen LogP) is 5.20. The van der Waals surface area contributed by atoms with Gasteiger partial charge in [0.1, 0.15) is 11.5 Å². The van der Waals surface area contributed by atoms with Crippen molar-refractivity contribution in [2.45, 2.75) is 18.4 Å². The van der Waals surface area contributed by atoms with Crippen LogP contribution in [0.3, 0.4) is 0 Å². The van der Waals surface area contributed by atoms with E-state index in [9.17, 15) is 10.1 Å². The maximum absolute atomic E-state index is 11.6. The lowest BCUT2D eigenvalue weighted by Gasteiger charge is -2.38. The van der Waals surface area contributed by atoms with Gasteiger partial charge >= 0.3 is 0 Å². The monoisotopic (exact) mass is 430 g/mol. The first kappa shape index (κ1) is 17.9. The number of benzene rings is 2. The Balaban J connectivity index is 1.91. The molecule has 7 heteroatoms. The van der Waals surface area contributed by atoms with E-state index < -0.39 is 0 Å². The molecule has 3 atom stereocenters. The van der Waals surface area contributed by atoms with E-state index in [0.29, 0.717) is 17.0 Å². The Kier molecular flexibility index (Phi) is 4.55. The van der Waals surface area contributed by atoms with E-state index in [1.165, 1.54) is 6.07 Å². The van der Waals surface area contributed by atoms with Crippen LogP contribution in [0.2, 0.25) is 0 Å². The Morgan fingerprint density at radius 3 is 2.63 bits per heavy atom. The molecule has 0 fully saturated rings. The first-order valence-corrected chi connectivity index (χ1v) is 9.46. The molecular formula is C20H19BrN2O4. The van der Waals surface area contributed by atoms with Crippen LogP contribution in [0.15, 0.2) is 47.0 Å². The quantitative estimate of drug-likeness (QED) is 0.409. The molecule has 140 valence electrons. The van der Waals surface area contributed by atoms with Crippen molar-refractivity contribution in [2.24, 2.45) is 5.92 Å². The van der Waals surface area contributed by atoms with Gasteiger partial charge in [0.25, 0.3) is 5.69 Å². The number of halogens is 1. The second-order valence-electron chi connectivity index (χ2n) is 6.69. The summed E-state index contributed by atoms with van der Waals surface area (Å²) in [6, 6.07) is 9.04. The van der Waals surface area contributed by atoms with Crippen molar-refractivity contribution >= 4 is 27.3 Å². The molecule has 4 rings (SSSR count). The summed E-state index contributed by atoms with van der Waals surface area (Å²) >= 11 is 3.54. The zero-order chi connectivity index (χ0) is 19.1. The number of nitro benzene ring substituents is 1. The fraction of sp³-hybridized carbons (Fsp3) is 0.300. The van der Waals surface area contributed by atoms with E-state index in [4.69, 9.17) is 9.47 Å². The molecule has 0 amide bonds. The number of ether oxygens (including phenoxy) is 2. The number of methoxy groups -OCH3 is 2. The summed E-state index contributed by atoms with van der Waals surface area (Å²) in [4.78, 5) is 11.3. The number of nitro groups is 1. The van der Waals surface area contributed by atoms with Gasteiger partial charge in [-0.2, -0.15) is 0 Å². The van der Waals surface area contributed by atoms with Crippen LogP contribution in [-0.2, 0) is 0 Å². The standard InChI is InChI=1S/C20H19BrN2O4/c1-26-16-8-6-11(21)10-14(16)19-13-5-3-4-12(13)18-15(23(24)25)7-9-17(27-2)20(18)22-19/h3-4,6-10,12-13,19,22H,5H2,1-2H3/t12-,13+,19+/m0/s1. The molecule has 0 saturated carbocycles. The summed E-state index contributed by atoms with van der Waals surface area (Å²) in [5.41, 5.74) is 2.53. The number of nitrogens with one attached hydrogen (secondary N) is 1. The molecule has 0 spiro atoms. The minimum absolute atomic E-state index is 0.0505. The van der Waals surface area contributed by atoms with Crippen molar-refractivity contribution in [2.75, 3.05) is 19.5 Å². The van der Waals surface area contributed by atoms with Crippen LogP contribution in [0.1, 0.15) is 29.5 Å². The van der Waals surface area contributed by atoms with Gasteiger partial charge in [0.15, 0.2) is 0 Å². The van der Waals surface area contributed by atoms with Gasteiger partial charge in [0.05, 0.1) is 36.4 Å². The number of hydrogen-bond donors (Lipinski definition) is 1. The average Bonchev–Trinajstić information content (AvgIpc) is 3.16. The minimum atomic E-state index is -0.316. The summed E-state index contributed by atoms with van der Waals surface area (Å²) < 4.78 is 12.1. The topological polar surface area (TPSA) is 73.6 Å². The van der Waals surface area contributed by atoms with Crippen LogP contribution < -0.4 is 14.8 Å². The smallest absolute Gasteiger partial charge is 0.275 e. The number of anilines is 1. The maximum atomic E-state index is 11.6. The molecule has 0 aromatic heterocycles. The zero-order valence-corrected chi connectivity index (χ0v) is 16.5. The number of rotatable bonds is 4. The Bertz CT molecular complexity index is 944. The fourth-order valence-corrected chi connectivity index (χ4v) is 4.63. The van der Waals surface area contributed by atoms with Crippen molar-refractivity contribution in [3.8, 4) is 11.5 Å². The summed E-state index contributed by atoms with van der Waals surface area (Å²) in [5, 5.41) is 15.2. The highest BCUT2D eigenvalue weighted by atomic mass is 79.9. The minimum Gasteiger partial charge on any atom is -0.496 e. The van der Waals surface area contributed by atoms with Gasteiger partial charge in [-0.05, 0) is 36.6 Å². The Morgan fingerprint density at radius 1 is 1.19 bits per heavy atom. The van der Waals surface area contributed by atoms with Crippen LogP contribution in [0.5, 0.6) is 11.5 Å². The normalized spacial score (nSPS) is 22.6. The highest BCUT2D eigenvalue weighted by molar-refractivity contribution is 9.10. The van der Waals surface area contributed by atoms with Gasteiger partial charge < -0.3 is 14.8 Å². The van der Waals surface area contributed by atoms with Gasteiger partial charge in [-0.3, -0.25) is 10.1 Å². The molecule has 0 bridgehead atoms. The number of fused-ring (bicyclic) bond motifs is 3. The average molecular weight is 431 g/mol. The second-order valence-corrected chi connectivity index (χ2v) is 7.61. The van der Waals surface area contributed by atoms with Gasteiger partial charge in [-0.15, -0.1) is 0 Å². The van der Waals surface area contributed by atoms with Crippen LogP contribution in [0.4, 0.5) is 11.4 Å². The highest BCUT2D eigenvalue weighted by Crippen LogP contribution is 2.55. The van der Waals surface area contributed by atoms with Crippen molar-refractivity contribution in [3.63, 3.8) is 0 Å². The summed E-state index contributed by atoms with van der Waals surface area (Å²) in [6.45, 7) is 0. The predicted molar refractivity (Wildman–Crippen MR) is 107 cm³/mol. The van der Waals surface area contributed by atoms with E-state index in [-0.39, 0.29) is 28.5 Å². The van der Waals surface area contributed by atoms with Crippen LogP contribution >= 0.6 is 15.9 Å². The lowest BCUT2D eigenvalue weighted by molar-refractivity contribution is -0.385. The molecule has 0 saturated heterocycles. The Labute approximate surface area is 165 Å². The molecular weight excluding hydrogens is 412 g/mol. The SMILES string of the molecule is COc1ccc(Br)cc1[C@@H]1Nc2c(OC)ccc([N+](=O)[O-])c2[C@H]2C=CC[C@H]21. The molecule has 0 unspecified atom stereocenters. The molecule has 2 aromatic rings. The molecule has 1 aliphatic heterocycles. The molecule has 1 heterocycles. The zero-order valence-electron chi connectivity index (χ0n) is 14.9. The van der Waals surface area contributed by atoms with Crippen LogP contribution in [0.25, 0.3) is 0 Å². The summed E-state index contributed by atoms with van der Waals surface area (Å²) in [5.74, 6) is 1.50. The summed E-state index contributed by atoms with van der Waals surface area (Å²) in [7, 11) is 3.23. The Hall–Kier alpha value is -2.54. The first-order chi connectivity index (χ1) is 13.0. The lowest BCUT2D eigenvalue weighted by Crippen LogP contribution is -2.30. The van der Waals surface area contributed by atoms with Crippen molar-refractivity contribution < 1.29 is 14.4 Å². The van der Waals surface area contributed by atoms with Gasteiger partial charge in [0.2, 0.25) is 0 Å². The number of nitrogens with zero attached hydrogens (tertiary/aromatic N) is 1. The van der Waals surface area contributed by atoms with E-state index in [1.807, 2.05) is 18.2 Å². The molecule has 2 aliphatic rings. The lowest BCUT2D eigenvalue weighted by atomic mass is 9.76. The van der Waals surface area contributed by atoms with Gasteiger partial charge in [0, 0.05) is 22.0 Å². The highest BCUT2D eigenvalue weighted by Gasteiger charge is 2.43. The molecule has 6 nitrogen and oxygen atoms in total. The molecule has 27 heavy (non-hydrogen) atoms. The molecule has 1 aliphatic carbocycles. The third-order valence-electron chi connectivity index (χ3n) is 5.40. The number of hydrogen-bond acceptors (Lipinski definition) is 5. The van der Waals surface area contributed by atoms with Gasteiger partial charge in [-0.1, -0.05) is 28.1 Å². The van der Waals surface area contributed by atoms with Crippen LogP contribution in [0, 0.1) is 16.0 Å². The van der Waals surface area contributed by atoms with Crippen molar-refractivity contribution in [3.05, 3.63) is 68.2 Å². The van der Waals surface area contributed by atoms with E-state index >= 15 is 0 Å². The second kappa shape index (κ2) is 6.88. The first-order valence-electron chi connectivity index (χ1n) is 8.67. The van der Waals surface area contributed by atoms with E-state index in [0.717, 1.165) is 22.2 Å². The molecule has 1 N–H and O–H groups in total. The van der Waals surface area contributed by atoms with E-state index in [2.05, 4.69) is 33.4 Å². The van der Waals surface area contributed by atoms with Crippen molar-refractivity contribution in [1.82, 2.24) is 0 Å².